The van der Waals surface area contributed by atoms with Crippen molar-refractivity contribution < 1.29 is 65.4 Å². The van der Waals surface area contributed by atoms with E-state index in [-0.39, 0.29) is 38.0 Å². The van der Waals surface area contributed by atoms with Gasteiger partial charge in [-0.15, -0.1) is 0 Å². The summed E-state index contributed by atoms with van der Waals surface area (Å²) >= 11 is -8.38. The summed E-state index contributed by atoms with van der Waals surface area (Å²) in [4.78, 5) is 0. The van der Waals surface area contributed by atoms with Crippen LogP contribution in [0.3, 0.4) is 0 Å². The molecule has 0 unspecified atom stereocenters. The van der Waals surface area contributed by atoms with E-state index in [1.807, 2.05) is 20.8 Å². The van der Waals surface area contributed by atoms with Crippen LogP contribution in [0.2, 0.25) is 0 Å². The number of rotatable bonds is 4. The van der Waals surface area contributed by atoms with Gasteiger partial charge in [-0.1, -0.05) is 20.8 Å². The van der Waals surface area contributed by atoms with E-state index in [9.17, 15) is 39.5 Å². The smallest absolute Gasteiger partial charge is 4.00 e. The maximum Gasteiger partial charge on any atom is 4.00 e. The van der Waals surface area contributed by atoms with Crippen molar-refractivity contribution in [1.29, 1.82) is 0 Å². The molecule has 0 spiro atoms. The topological polar surface area (TPSA) is 42.3 Å². The maximum absolute atomic E-state index is 12.6. The van der Waals surface area contributed by atoms with Gasteiger partial charge in [-0.3, -0.25) is 0 Å². The van der Waals surface area contributed by atoms with E-state index in [0.29, 0.717) is 0 Å². The predicted octanol–water partition coefficient (Wildman–Crippen LogP) is 6.39. The van der Waals surface area contributed by atoms with Crippen molar-refractivity contribution in [1.82, 2.24) is 0 Å². The van der Waals surface area contributed by atoms with Crippen LogP contribution in [0.1, 0.15) is 20.8 Å². The monoisotopic (exact) mass is 699 g/mol. The molecule has 3 nitrogen and oxygen atoms in total. The fraction of sp³-hybridized carbons (Fsp3) is 0.706. The zero-order chi connectivity index (χ0) is 24.6. The van der Waals surface area contributed by atoms with Gasteiger partial charge in [0.05, 0.1) is 0 Å². The van der Waals surface area contributed by atoms with Gasteiger partial charge in [-0.25, -0.2) is 0 Å². The molecule has 0 aliphatic carbocycles. The quantitative estimate of drug-likeness (QED) is 0.199. The molecule has 0 bridgehead atoms. The van der Waals surface area contributed by atoms with E-state index >= 15 is 0 Å². The van der Waals surface area contributed by atoms with E-state index in [1.54, 1.807) is 21.1 Å². The van der Waals surface area contributed by atoms with Gasteiger partial charge in [0.1, 0.15) is 0 Å². The van der Waals surface area contributed by atoms with Gasteiger partial charge in [-0.05, 0) is 0 Å². The summed E-state index contributed by atoms with van der Waals surface area (Å²) < 4.78 is 111. The summed E-state index contributed by atoms with van der Waals surface area (Å²) in [5, 5.41) is -7.86. The van der Waals surface area contributed by atoms with Crippen LogP contribution < -0.4 is 4.40 Å². The number of alkyl halides is 9. The third kappa shape index (κ3) is 12.7. The summed E-state index contributed by atoms with van der Waals surface area (Å²) in [5.41, 5.74) is 0. The van der Waals surface area contributed by atoms with Gasteiger partial charge < -0.3 is 16.0 Å². The molecule has 0 aliphatic rings. The average Bonchev–Trinajstić information content (AvgIpc) is 3.13. The largest absolute Gasteiger partial charge is 4.00 e. The summed E-state index contributed by atoms with van der Waals surface area (Å²) in [6, 6.07) is 1.90. The van der Waals surface area contributed by atoms with E-state index in [4.69, 9.17) is 0 Å². The Labute approximate surface area is 199 Å². The van der Waals surface area contributed by atoms with Crippen LogP contribution >= 0.6 is 0 Å². The first kappa shape index (κ1) is 38.3. The molecular formula is C17H28F9GeHfN3. The van der Waals surface area contributed by atoms with Gasteiger partial charge >= 0.3 is 122 Å². The van der Waals surface area contributed by atoms with Crippen molar-refractivity contribution in [2.75, 3.05) is 40.8 Å². The molecule has 14 heteroatoms. The van der Waals surface area contributed by atoms with Crippen molar-refractivity contribution in [3.05, 3.63) is 40.2 Å². The summed E-state index contributed by atoms with van der Waals surface area (Å²) in [6.07, 6.45) is 0. The second kappa shape index (κ2) is 18.4. The van der Waals surface area contributed by atoms with Gasteiger partial charge in [0, 0.05) is 0 Å². The Hall–Kier alpha value is 0.0130. The molecule has 182 valence electrons. The van der Waals surface area contributed by atoms with Crippen LogP contribution in [-0.4, -0.2) is 69.1 Å². The third-order valence-electron chi connectivity index (χ3n) is 3.32. The van der Waals surface area contributed by atoms with Crippen LogP contribution in [0.4, 0.5) is 39.5 Å². The molecule has 0 saturated carbocycles. The van der Waals surface area contributed by atoms with E-state index in [2.05, 4.69) is 16.0 Å². The Morgan fingerprint density at radius 1 is 0.613 bits per heavy atom. The molecule has 1 aromatic carbocycles. The number of hydrogen-bond acceptors (Lipinski definition) is 0. The SMILES string of the molecule is CC[N-]C.CC[N-]C.CC[N-]C.F[C](F)(F)[Ge]([c-]1cccc1)([C](F)(F)F)[C](F)(F)F.[Hf+4]. The van der Waals surface area contributed by atoms with Crippen molar-refractivity contribution in [2.24, 2.45) is 0 Å². The standard InChI is InChI=1S/C8H4F9Ge.3C3H8N.Hf/c9-6(10,11)18(7(12,13)14,8(15,16)17)5-3-1-2-4-5;3*1-3-4-2;/h1-4H;3*3H2,1-2H3;/q4*-1;+4. The van der Waals surface area contributed by atoms with Crippen LogP contribution in [0.15, 0.2) is 24.3 Å². The molecular weight excluding hydrogens is 668 g/mol. The molecule has 0 saturated heterocycles. The summed E-state index contributed by atoms with van der Waals surface area (Å²) in [7, 11) is 5.42. The van der Waals surface area contributed by atoms with Crippen LogP contribution in [0.25, 0.3) is 16.0 Å². The molecule has 1 rings (SSSR count). The molecule has 0 radical (unpaired) electrons. The Kier molecular flexibility index (Phi) is 22.8. The van der Waals surface area contributed by atoms with Crippen molar-refractivity contribution >= 4 is 17.7 Å². The number of nitrogens with zero attached hydrogens (tertiary/aromatic N) is 3. The zero-order valence-electron chi connectivity index (χ0n) is 18.2. The normalized spacial score (nSPS) is 11.6. The van der Waals surface area contributed by atoms with Gasteiger partial charge in [0.15, 0.2) is 0 Å². The van der Waals surface area contributed by atoms with Gasteiger partial charge in [0.25, 0.3) is 0 Å². The van der Waals surface area contributed by atoms with Crippen LogP contribution in [0, 0.1) is 0 Å². The molecule has 0 amide bonds. The van der Waals surface area contributed by atoms with E-state index in [1.165, 1.54) is 0 Å². The number of halogens is 9. The summed E-state index contributed by atoms with van der Waals surface area (Å²) in [5.74, 6) is 0. The fourth-order valence-electron chi connectivity index (χ4n) is 1.60. The molecule has 0 heterocycles. The maximum atomic E-state index is 12.6. The molecule has 0 aromatic heterocycles. The van der Waals surface area contributed by atoms with E-state index in [0.717, 1.165) is 31.8 Å². The minimum atomic E-state index is -8.38. The second-order valence-corrected chi connectivity index (χ2v) is 13.2. The molecule has 0 aliphatic heterocycles. The first-order valence-electron chi connectivity index (χ1n) is 8.69. The fourth-order valence-corrected chi connectivity index (χ4v) is 7.13. The Bertz CT molecular complexity index is 453. The van der Waals surface area contributed by atoms with Crippen LogP contribution in [0.5, 0.6) is 0 Å². The van der Waals surface area contributed by atoms with Crippen LogP contribution in [-0.2, 0) is 25.8 Å². The molecule has 0 N–H and O–H groups in total. The number of hydrogen-bond donors (Lipinski definition) is 0. The van der Waals surface area contributed by atoms with Gasteiger partial charge in [0.2, 0.25) is 0 Å². The van der Waals surface area contributed by atoms with E-state index < -0.39 is 32.7 Å². The summed E-state index contributed by atoms with van der Waals surface area (Å²) in [6.45, 7) is 8.88. The minimum Gasteiger partial charge on any atom is 4.00 e. The Balaban J connectivity index is -0.000000232. The second-order valence-electron chi connectivity index (χ2n) is 5.31. The molecule has 0 atom stereocenters. The zero-order valence-corrected chi connectivity index (χ0v) is 23.9. The van der Waals surface area contributed by atoms with Crippen molar-refractivity contribution in [3.63, 3.8) is 0 Å². The molecule has 1 aromatic rings. The predicted molar refractivity (Wildman–Crippen MR) is 105 cm³/mol. The Morgan fingerprint density at radius 3 is 0.935 bits per heavy atom. The third-order valence-corrected chi connectivity index (χ3v) is 11.2. The minimum absolute atomic E-state index is 0. The van der Waals surface area contributed by atoms with Crippen molar-refractivity contribution in [3.8, 4) is 0 Å². The average molecular weight is 697 g/mol. The first-order chi connectivity index (χ1) is 13.6. The van der Waals surface area contributed by atoms with Crippen molar-refractivity contribution in [2.45, 2.75) is 35.8 Å². The van der Waals surface area contributed by atoms with Gasteiger partial charge in [-0.2, -0.15) is 40.8 Å². The first-order valence-corrected chi connectivity index (χ1v) is 12.9. The Morgan fingerprint density at radius 2 is 0.806 bits per heavy atom. The molecule has 31 heavy (non-hydrogen) atoms. The molecule has 0 fully saturated rings.